The van der Waals surface area contributed by atoms with E-state index in [0.717, 1.165) is 18.8 Å². The van der Waals surface area contributed by atoms with Crippen molar-refractivity contribution in [3.05, 3.63) is 0 Å². The highest BCUT2D eigenvalue weighted by Crippen LogP contribution is 2.67. The molecule has 4 rings (SSSR count). The molecule has 2 N–H and O–H groups in total. The lowest BCUT2D eigenvalue weighted by atomic mass is 9.45. The smallest absolute Gasteiger partial charge is 0.146 e. The van der Waals surface area contributed by atoms with Crippen molar-refractivity contribution in [2.45, 2.75) is 89.6 Å². The largest absolute Gasteiger partial charge is 0.394 e. The van der Waals surface area contributed by atoms with Crippen molar-refractivity contribution < 1.29 is 19.7 Å². The van der Waals surface area contributed by atoms with Gasteiger partial charge in [-0.3, -0.25) is 0 Å². The Labute approximate surface area is 145 Å². The first kappa shape index (κ1) is 17.3. The molecule has 24 heavy (non-hydrogen) atoms. The molecule has 7 atom stereocenters. The molecular weight excluding hydrogens is 304 g/mol. The molecule has 4 nitrogen and oxygen atoms in total. The molecule has 0 aromatic heterocycles. The zero-order valence-corrected chi connectivity index (χ0v) is 15.7. The van der Waals surface area contributed by atoms with E-state index in [9.17, 15) is 10.2 Å². The minimum atomic E-state index is -0.662. The number of aliphatic hydroxyl groups is 2. The van der Waals surface area contributed by atoms with Crippen molar-refractivity contribution in [1.82, 2.24) is 0 Å². The van der Waals surface area contributed by atoms with E-state index in [-0.39, 0.29) is 31.0 Å². The minimum Gasteiger partial charge on any atom is -0.394 e. The molecule has 0 aromatic rings. The van der Waals surface area contributed by atoms with E-state index < -0.39 is 5.60 Å². The third-order valence-corrected chi connectivity index (χ3v) is 8.41. The van der Waals surface area contributed by atoms with E-state index in [1.54, 1.807) is 0 Å². The van der Waals surface area contributed by atoms with Crippen LogP contribution in [0.5, 0.6) is 0 Å². The number of rotatable bonds is 3. The highest BCUT2D eigenvalue weighted by molar-refractivity contribution is 5.17. The molecule has 2 saturated heterocycles. The van der Waals surface area contributed by atoms with Gasteiger partial charge in [-0.25, -0.2) is 0 Å². The summed E-state index contributed by atoms with van der Waals surface area (Å²) in [6.45, 7) is 9.58. The van der Waals surface area contributed by atoms with Gasteiger partial charge in [-0.2, -0.15) is 0 Å². The average Bonchev–Trinajstić information content (AvgIpc) is 3.13. The van der Waals surface area contributed by atoms with Crippen LogP contribution in [0.1, 0.15) is 66.2 Å². The topological polar surface area (TPSA) is 62.2 Å². The Bertz CT molecular complexity index is 520. The molecule has 2 aliphatic heterocycles. The summed E-state index contributed by atoms with van der Waals surface area (Å²) in [5, 5.41) is 19.4. The number of fused-ring (bicyclic) bond motifs is 3. The average molecular weight is 338 g/mol. The molecular formula is C20H34O4. The van der Waals surface area contributed by atoms with Gasteiger partial charge in [0.05, 0.1) is 24.9 Å². The molecule has 138 valence electrons. The molecule has 2 heterocycles. The third-order valence-electron chi connectivity index (χ3n) is 8.41. The Morgan fingerprint density at radius 2 is 1.71 bits per heavy atom. The number of epoxide rings is 1. The molecule has 4 heteroatoms. The van der Waals surface area contributed by atoms with Crippen LogP contribution in [0.3, 0.4) is 0 Å². The number of hydrogen-bond acceptors (Lipinski definition) is 4. The van der Waals surface area contributed by atoms with Crippen LogP contribution in [0.25, 0.3) is 0 Å². The second-order valence-electron chi connectivity index (χ2n) is 10.0. The Morgan fingerprint density at radius 1 is 0.958 bits per heavy atom. The fraction of sp³-hybridized carbons (Fsp3) is 1.00. The van der Waals surface area contributed by atoms with Crippen LogP contribution < -0.4 is 0 Å². The van der Waals surface area contributed by atoms with E-state index >= 15 is 0 Å². The van der Waals surface area contributed by atoms with Crippen LogP contribution in [0.15, 0.2) is 0 Å². The van der Waals surface area contributed by atoms with E-state index in [0.29, 0.717) is 16.7 Å². The fourth-order valence-corrected chi connectivity index (χ4v) is 7.10. The standard InChI is InChI=1S/C20H34O4/c1-17(2)7-5-8-18(3)13(17)6-9-19(4)14(18)10-15(23-19)20(12-22)16(11-21)24-20/h13-16,21-22H,5-12H2,1-4H3/t13-,14+,15-,16-,18-,19+,20+/m0/s1. The van der Waals surface area contributed by atoms with Crippen LogP contribution in [-0.4, -0.2) is 46.8 Å². The molecule has 0 radical (unpaired) electrons. The van der Waals surface area contributed by atoms with Gasteiger partial charge in [0.2, 0.25) is 0 Å². The lowest BCUT2D eigenvalue weighted by molar-refractivity contribution is -0.161. The number of hydrogen-bond donors (Lipinski definition) is 2. The Morgan fingerprint density at radius 3 is 2.33 bits per heavy atom. The lowest BCUT2D eigenvalue weighted by Gasteiger charge is -2.60. The monoisotopic (exact) mass is 338 g/mol. The molecule has 0 spiro atoms. The van der Waals surface area contributed by atoms with Crippen molar-refractivity contribution in [3.63, 3.8) is 0 Å². The van der Waals surface area contributed by atoms with Crippen molar-refractivity contribution in [2.75, 3.05) is 13.2 Å². The molecule has 2 aliphatic carbocycles. The predicted molar refractivity (Wildman–Crippen MR) is 91.6 cm³/mol. The highest BCUT2D eigenvalue weighted by atomic mass is 16.7. The lowest BCUT2D eigenvalue weighted by Crippen LogP contribution is -2.55. The number of aliphatic hydroxyl groups excluding tert-OH is 2. The Kier molecular flexibility index (Phi) is 3.73. The van der Waals surface area contributed by atoms with Gasteiger partial charge in [-0.05, 0) is 61.7 Å². The first-order valence-corrected chi connectivity index (χ1v) is 9.79. The second-order valence-corrected chi connectivity index (χ2v) is 10.0. The molecule has 4 fully saturated rings. The maximum absolute atomic E-state index is 9.90. The zero-order chi connectivity index (χ0) is 17.4. The van der Waals surface area contributed by atoms with Crippen LogP contribution in [-0.2, 0) is 9.47 Å². The predicted octanol–water partition coefficient (Wildman–Crippen LogP) is 2.90. The molecule has 2 saturated carbocycles. The van der Waals surface area contributed by atoms with Gasteiger partial charge in [0.25, 0.3) is 0 Å². The maximum Gasteiger partial charge on any atom is 0.146 e. The van der Waals surface area contributed by atoms with Gasteiger partial charge in [0, 0.05) is 0 Å². The summed E-state index contributed by atoms with van der Waals surface area (Å²) in [5.74, 6) is 1.26. The van der Waals surface area contributed by atoms with Gasteiger partial charge in [-0.15, -0.1) is 0 Å². The summed E-state index contributed by atoms with van der Waals surface area (Å²) in [7, 11) is 0. The summed E-state index contributed by atoms with van der Waals surface area (Å²) < 4.78 is 12.3. The van der Waals surface area contributed by atoms with Gasteiger partial charge < -0.3 is 19.7 Å². The van der Waals surface area contributed by atoms with Gasteiger partial charge >= 0.3 is 0 Å². The van der Waals surface area contributed by atoms with E-state index in [4.69, 9.17) is 9.47 Å². The summed E-state index contributed by atoms with van der Waals surface area (Å²) >= 11 is 0. The zero-order valence-electron chi connectivity index (χ0n) is 15.7. The van der Waals surface area contributed by atoms with E-state index in [1.165, 1.54) is 25.7 Å². The molecule has 0 amide bonds. The fourth-order valence-electron chi connectivity index (χ4n) is 7.10. The van der Waals surface area contributed by atoms with Crippen molar-refractivity contribution in [1.29, 1.82) is 0 Å². The molecule has 0 bridgehead atoms. The second kappa shape index (κ2) is 5.18. The molecule has 4 aliphatic rings. The normalized spacial score (nSPS) is 55.8. The van der Waals surface area contributed by atoms with Crippen LogP contribution in [0.2, 0.25) is 0 Å². The number of ether oxygens (including phenoxy) is 2. The van der Waals surface area contributed by atoms with Gasteiger partial charge in [0.15, 0.2) is 0 Å². The van der Waals surface area contributed by atoms with E-state index in [2.05, 4.69) is 27.7 Å². The first-order chi connectivity index (χ1) is 11.2. The van der Waals surface area contributed by atoms with E-state index in [1.807, 2.05) is 0 Å². The van der Waals surface area contributed by atoms with Crippen molar-refractivity contribution in [2.24, 2.45) is 22.7 Å². The summed E-state index contributed by atoms with van der Waals surface area (Å²) in [6, 6.07) is 0. The third kappa shape index (κ3) is 2.12. The Hall–Kier alpha value is -0.160. The minimum absolute atomic E-state index is 0.0330. The highest BCUT2D eigenvalue weighted by Gasteiger charge is 2.69. The summed E-state index contributed by atoms with van der Waals surface area (Å²) in [4.78, 5) is 0. The van der Waals surface area contributed by atoms with Crippen molar-refractivity contribution in [3.8, 4) is 0 Å². The summed E-state index contributed by atoms with van der Waals surface area (Å²) in [6.07, 6.45) is 6.86. The van der Waals surface area contributed by atoms with Crippen molar-refractivity contribution >= 4 is 0 Å². The quantitative estimate of drug-likeness (QED) is 0.777. The van der Waals surface area contributed by atoms with Gasteiger partial charge in [0.1, 0.15) is 11.7 Å². The Balaban J connectivity index is 1.63. The van der Waals surface area contributed by atoms with Crippen LogP contribution in [0.4, 0.5) is 0 Å². The molecule has 0 unspecified atom stereocenters. The maximum atomic E-state index is 9.90. The van der Waals surface area contributed by atoms with Crippen LogP contribution in [0, 0.1) is 22.7 Å². The van der Waals surface area contributed by atoms with Gasteiger partial charge in [-0.1, -0.05) is 27.2 Å². The SMILES string of the molecule is CC1(C)CCC[C@]2(C)[C@H]3C[C@@H]([C@@]4(CO)O[C@H]4CO)O[C@]3(C)CC[C@@H]12. The molecule has 0 aromatic carbocycles. The first-order valence-electron chi connectivity index (χ1n) is 9.79. The van der Waals surface area contributed by atoms with Crippen LogP contribution >= 0.6 is 0 Å². The summed E-state index contributed by atoms with van der Waals surface area (Å²) in [5.41, 5.74) is -0.0584.